The Hall–Kier alpha value is -1.34. The lowest BCUT2D eigenvalue weighted by molar-refractivity contribution is 0.598. The highest BCUT2D eigenvalue weighted by Gasteiger charge is 2.21. The lowest BCUT2D eigenvalue weighted by Crippen LogP contribution is -2.14. The van der Waals surface area contributed by atoms with E-state index in [0.29, 0.717) is 22.4 Å². The number of halogens is 1. The van der Waals surface area contributed by atoms with Gasteiger partial charge < -0.3 is 0 Å². The molecule has 7 heteroatoms. The fourth-order valence-corrected chi connectivity index (χ4v) is 3.90. The second-order valence-corrected chi connectivity index (χ2v) is 7.00. The van der Waals surface area contributed by atoms with Crippen molar-refractivity contribution in [3.8, 4) is 0 Å². The third-order valence-electron chi connectivity index (χ3n) is 3.02. The van der Waals surface area contributed by atoms with E-state index >= 15 is 0 Å². The van der Waals surface area contributed by atoms with E-state index in [9.17, 15) is 8.42 Å². The minimum Gasteiger partial charge on any atom is -0.278 e. The van der Waals surface area contributed by atoms with Crippen LogP contribution in [-0.2, 0) is 16.6 Å². The first-order valence-electron chi connectivity index (χ1n) is 6.16. The number of nitrogens with one attached hydrogen (secondary N) is 1. The fraction of sp³-hybridized carbons (Fsp3) is 0.308. The van der Waals surface area contributed by atoms with Gasteiger partial charge in [-0.05, 0) is 54.4 Å². The molecule has 0 atom stereocenters. The fourth-order valence-electron chi connectivity index (χ4n) is 1.91. The second kappa shape index (κ2) is 5.57. The quantitative estimate of drug-likeness (QED) is 0.914. The second-order valence-electron chi connectivity index (χ2n) is 4.50. The Morgan fingerprint density at radius 2 is 2.05 bits per heavy atom. The SMILES string of the molecule is CCn1ncc(S(=O)(=O)Nc2ccc(C)cc2Br)c1C. The first kappa shape index (κ1) is 15.1. The molecule has 2 aromatic rings. The van der Waals surface area contributed by atoms with E-state index in [1.54, 1.807) is 17.7 Å². The summed E-state index contributed by atoms with van der Waals surface area (Å²) in [6.07, 6.45) is 1.38. The van der Waals surface area contributed by atoms with Crippen LogP contribution in [0.4, 0.5) is 5.69 Å². The van der Waals surface area contributed by atoms with Gasteiger partial charge in [0.2, 0.25) is 0 Å². The molecule has 0 saturated carbocycles. The van der Waals surface area contributed by atoms with E-state index in [0.717, 1.165) is 5.56 Å². The van der Waals surface area contributed by atoms with Crippen molar-refractivity contribution < 1.29 is 8.42 Å². The molecule has 0 fully saturated rings. The zero-order valence-corrected chi connectivity index (χ0v) is 13.9. The van der Waals surface area contributed by atoms with Crippen molar-refractivity contribution >= 4 is 31.6 Å². The summed E-state index contributed by atoms with van der Waals surface area (Å²) in [7, 11) is -3.63. The first-order valence-corrected chi connectivity index (χ1v) is 8.44. The molecule has 0 unspecified atom stereocenters. The maximum atomic E-state index is 12.4. The minimum atomic E-state index is -3.63. The van der Waals surface area contributed by atoms with Gasteiger partial charge in [-0.15, -0.1) is 0 Å². The summed E-state index contributed by atoms with van der Waals surface area (Å²) in [5.74, 6) is 0. The minimum absolute atomic E-state index is 0.201. The molecule has 0 amide bonds. The molecule has 0 aliphatic heterocycles. The van der Waals surface area contributed by atoms with Crippen LogP contribution >= 0.6 is 15.9 Å². The van der Waals surface area contributed by atoms with Crippen LogP contribution in [0.2, 0.25) is 0 Å². The van der Waals surface area contributed by atoms with Gasteiger partial charge in [-0.25, -0.2) is 8.42 Å². The van der Waals surface area contributed by atoms with Crippen molar-refractivity contribution in [1.82, 2.24) is 9.78 Å². The van der Waals surface area contributed by atoms with E-state index in [-0.39, 0.29) is 4.90 Å². The molecule has 2 rings (SSSR count). The Morgan fingerprint density at radius 3 is 2.60 bits per heavy atom. The zero-order valence-electron chi connectivity index (χ0n) is 11.5. The molecular weight excluding hydrogens is 342 g/mol. The van der Waals surface area contributed by atoms with Crippen molar-refractivity contribution in [1.29, 1.82) is 0 Å². The summed E-state index contributed by atoms with van der Waals surface area (Å²) in [6, 6.07) is 5.45. The highest BCUT2D eigenvalue weighted by Crippen LogP contribution is 2.26. The van der Waals surface area contributed by atoms with Crippen molar-refractivity contribution in [2.24, 2.45) is 0 Å². The number of hydrogen-bond donors (Lipinski definition) is 1. The Kier molecular flexibility index (Phi) is 4.19. The van der Waals surface area contributed by atoms with Crippen LogP contribution in [0, 0.1) is 13.8 Å². The zero-order chi connectivity index (χ0) is 14.9. The van der Waals surface area contributed by atoms with Crippen molar-refractivity contribution in [3.05, 3.63) is 40.1 Å². The number of hydrogen-bond acceptors (Lipinski definition) is 3. The number of aromatic nitrogens is 2. The molecule has 1 aromatic carbocycles. The lowest BCUT2D eigenvalue weighted by Gasteiger charge is -2.10. The van der Waals surface area contributed by atoms with Crippen LogP contribution in [0.15, 0.2) is 33.8 Å². The van der Waals surface area contributed by atoms with Crippen LogP contribution in [0.3, 0.4) is 0 Å². The van der Waals surface area contributed by atoms with Gasteiger partial charge in [0.15, 0.2) is 0 Å². The van der Waals surface area contributed by atoms with Gasteiger partial charge in [-0.3, -0.25) is 9.40 Å². The number of nitrogens with zero attached hydrogens (tertiary/aromatic N) is 2. The van der Waals surface area contributed by atoms with Gasteiger partial charge in [-0.2, -0.15) is 5.10 Å². The summed E-state index contributed by atoms with van der Waals surface area (Å²) >= 11 is 3.36. The molecule has 108 valence electrons. The monoisotopic (exact) mass is 357 g/mol. The van der Waals surface area contributed by atoms with Crippen LogP contribution in [0.1, 0.15) is 18.2 Å². The smallest absolute Gasteiger partial charge is 0.265 e. The molecule has 0 aliphatic carbocycles. The largest absolute Gasteiger partial charge is 0.278 e. The summed E-state index contributed by atoms with van der Waals surface area (Å²) in [6.45, 7) is 6.24. The van der Waals surface area contributed by atoms with E-state index in [1.165, 1.54) is 6.20 Å². The molecule has 1 aromatic heterocycles. The van der Waals surface area contributed by atoms with E-state index in [1.807, 2.05) is 26.0 Å². The number of aryl methyl sites for hydroxylation is 2. The molecule has 1 heterocycles. The molecule has 0 radical (unpaired) electrons. The summed E-state index contributed by atoms with van der Waals surface area (Å²) < 4.78 is 29.7. The van der Waals surface area contributed by atoms with Crippen LogP contribution < -0.4 is 4.72 Å². The van der Waals surface area contributed by atoms with E-state index in [4.69, 9.17) is 0 Å². The van der Waals surface area contributed by atoms with E-state index < -0.39 is 10.0 Å². The number of anilines is 1. The summed E-state index contributed by atoms with van der Waals surface area (Å²) in [5, 5.41) is 4.06. The summed E-state index contributed by atoms with van der Waals surface area (Å²) in [5.41, 5.74) is 2.19. The molecule has 0 spiro atoms. The van der Waals surface area contributed by atoms with Crippen LogP contribution in [0.5, 0.6) is 0 Å². The average molecular weight is 358 g/mol. The third kappa shape index (κ3) is 2.88. The van der Waals surface area contributed by atoms with Gasteiger partial charge in [0.25, 0.3) is 10.0 Å². The summed E-state index contributed by atoms with van der Waals surface area (Å²) in [4.78, 5) is 0.201. The maximum absolute atomic E-state index is 12.4. The standard InChI is InChI=1S/C13H16BrN3O2S/c1-4-17-10(3)13(8-15-17)20(18,19)16-12-6-5-9(2)7-11(12)14/h5-8,16H,4H2,1-3H3. The molecule has 5 nitrogen and oxygen atoms in total. The number of benzene rings is 1. The Bertz CT molecular complexity index is 738. The molecular formula is C13H16BrN3O2S. The maximum Gasteiger partial charge on any atom is 0.265 e. The predicted octanol–water partition coefficient (Wildman–Crippen LogP) is 3.08. The predicted molar refractivity (Wildman–Crippen MR) is 82.3 cm³/mol. The lowest BCUT2D eigenvalue weighted by atomic mass is 10.2. The highest BCUT2D eigenvalue weighted by molar-refractivity contribution is 9.10. The van der Waals surface area contributed by atoms with Gasteiger partial charge in [0, 0.05) is 11.0 Å². The topological polar surface area (TPSA) is 64.0 Å². The number of sulfonamides is 1. The molecule has 1 N–H and O–H groups in total. The van der Waals surface area contributed by atoms with Crippen molar-refractivity contribution in [3.63, 3.8) is 0 Å². The Labute approximate surface area is 127 Å². The van der Waals surface area contributed by atoms with E-state index in [2.05, 4.69) is 25.8 Å². The Morgan fingerprint density at radius 1 is 1.35 bits per heavy atom. The molecule has 0 aliphatic rings. The van der Waals surface area contributed by atoms with Crippen LogP contribution in [-0.4, -0.2) is 18.2 Å². The van der Waals surface area contributed by atoms with Gasteiger partial charge >= 0.3 is 0 Å². The Balaban J connectivity index is 2.38. The third-order valence-corrected chi connectivity index (χ3v) is 5.14. The van der Waals surface area contributed by atoms with Gasteiger partial charge in [0.05, 0.1) is 17.6 Å². The van der Waals surface area contributed by atoms with Crippen LogP contribution in [0.25, 0.3) is 0 Å². The average Bonchev–Trinajstić information content (AvgIpc) is 2.74. The normalized spacial score (nSPS) is 11.6. The number of rotatable bonds is 4. The molecule has 0 bridgehead atoms. The highest BCUT2D eigenvalue weighted by atomic mass is 79.9. The molecule has 20 heavy (non-hydrogen) atoms. The van der Waals surface area contributed by atoms with Gasteiger partial charge in [0.1, 0.15) is 4.90 Å². The van der Waals surface area contributed by atoms with Gasteiger partial charge in [-0.1, -0.05) is 6.07 Å². The first-order chi connectivity index (χ1) is 9.35. The molecule has 0 saturated heterocycles. The van der Waals surface area contributed by atoms with Crippen molar-refractivity contribution in [2.45, 2.75) is 32.2 Å². The van der Waals surface area contributed by atoms with Crippen molar-refractivity contribution in [2.75, 3.05) is 4.72 Å².